The number of nitrogens with two attached hydrogens (primary N) is 1. The highest BCUT2D eigenvalue weighted by Gasteiger charge is 2.26. The van der Waals surface area contributed by atoms with Gasteiger partial charge in [0.05, 0.1) is 11.9 Å². The second-order valence-corrected chi connectivity index (χ2v) is 5.83. The van der Waals surface area contributed by atoms with E-state index in [0.717, 1.165) is 18.8 Å². The van der Waals surface area contributed by atoms with E-state index in [1.807, 2.05) is 0 Å². The van der Waals surface area contributed by atoms with Crippen LogP contribution in [0.1, 0.15) is 51.9 Å². The van der Waals surface area contributed by atoms with E-state index < -0.39 is 0 Å². The van der Waals surface area contributed by atoms with Gasteiger partial charge in [-0.05, 0) is 43.7 Å². The Morgan fingerprint density at radius 3 is 2.70 bits per heavy atom. The second-order valence-electron chi connectivity index (χ2n) is 5.83. The number of carbonyl (C=O) groups excluding carboxylic acids is 1. The number of amides is 1. The number of nitrogens with zero attached hydrogens (tertiary/aromatic N) is 1. The standard InChI is InChI=1S/C16H25N3O/c1-2-3-4-12-5-7-13(8-6-12)16(20)19-15-10-9-14(17)11-18-15/h9-13H,2-8,17H2,1H3,(H,18,19,20). The maximum Gasteiger partial charge on any atom is 0.228 e. The molecule has 1 aliphatic rings. The Morgan fingerprint density at radius 1 is 1.35 bits per heavy atom. The summed E-state index contributed by atoms with van der Waals surface area (Å²) in [7, 11) is 0. The highest BCUT2D eigenvalue weighted by Crippen LogP contribution is 2.32. The first kappa shape index (κ1) is 14.8. The number of carbonyl (C=O) groups is 1. The highest BCUT2D eigenvalue weighted by molar-refractivity contribution is 5.91. The van der Waals surface area contributed by atoms with Crippen LogP contribution in [0.3, 0.4) is 0 Å². The summed E-state index contributed by atoms with van der Waals surface area (Å²) in [4.78, 5) is 16.3. The van der Waals surface area contributed by atoms with Crippen LogP contribution in [0.15, 0.2) is 18.3 Å². The first-order chi connectivity index (χ1) is 9.69. The summed E-state index contributed by atoms with van der Waals surface area (Å²) < 4.78 is 0. The van der Waals surface area contributed by atoms with E-state index in [2.05, 4.69) is 17.2 Å². The van der Waals surface area contributed by atoms with Gasteiger partial charge < -0.3 is 11.1 Å². The Morgan fingerprint density at radius 2 is 2.10 bits per heavy atom. The van der Waals surface area contributed by atoms with E-state index >= 15 is 0 Å². The van der Waals surface area contributed by atoms with Crippen molar-refractivity contribution < 1.29 is 4.79 Å². The molecule has 0 atom stereocenters. The second kappa shape index (κ2) is 7.27. The van der Waals surface area contributed by atoms with E-state index in [0.29, 0.717) is 11.5 Å². The minimum absolute atomic E-state index is 0.108. The van der Waals surface area contributed by atoms with Crippen molar-refractivity contribution in [2.24, 2.45) is 11.8 Å². The Kier molecular flexibility index (Phi) is 5.39. The molecular weight excluding hydrogens is 250 g/mol. The summed E-state index contributed by atoms with van der Waals surface area (Å²) in [5.41, 5.74) is 6.19. The van der Waals surface area contributed by atoms with Gasteiger partial charge in [0.15, 0.2) is 0 Å². The maximum absolute atomic E-state index is 12.2. The summed E-state index contributed by atoms with van der Waals surface area (Å²) >= 11 is 0. The van der Waals surface area contributed by atoms with E-state index in [9.17, 15) is 4.79 Å². The molecule has 4 nitrogen and oxygen atoms in total. The van der Waals surface area contributed by atoms with E-state index in [-0.39, 0.29) is 11.8 Å². The van der Waals surface area contributed by atoms with Gasteiger partial charge in [0, 0.05) is 5.92 Å². The number of unbranched alkanes of at least 4 members (excludes halogenated alkanes) is 1. The molecule has 1 heterocycles. The molecule has 20 heavy (non-hydrogen) atoms. The van der Waals surface area contributed by atoms with E-state index in [1.54, 1.807) is 18.3 Å². The fourth-order valence-corrected chi connectivity index (χ4v) is 2.91. The third-order valence-corrected chi connectivity index (χ3v) is 4.22. The SMILES string of the molecule is CCCCC1CCC(C(=O)Nc2ccc(N)cn2)CC1. The van der Waals surface area contributed by atoms with Crippen LogP contribution < -0.4 is 11.1 Å². The van der Waals surface area contributed by atoms with Gasteiger partial charge in [-0.25, -0.2) is 4.98 Å². The van der Waals surface area contributed by atoms with Crippen LogP contribution in [0, 0.1) is 11.8 Å². The Bertz CT molecular complexity index is 422. The lowest BCUT2D eigenvalue weighted by Gasteiger charge is -2.27. The molecule has 4 heteroatoms. The van der Waals surface area contributed by atoms with Crippen molar-refractivity contribution in [3.05, 3.63) is 18.3 Å². The molecule has 1 saturated carbocycles. The molecule has 1 aromatic heterocycles. The summed E-state index contributed by atoms with van der Waals surface area (Å²) in [6.07, 6.45) is 9.87. The van der Waals surface area contributed by atoms with Gasteiger partial charge in [-0.1, -0.05) is 26.2 Å². The third kappa shape index (κ3) is 4.22. The fourth-order valence-electron chi connectivity index (χ4n) is 2.91. The lowest BCUT2D eigenvalue weighted by molar-refractivity contribution is -0.121. The molecule has 2 rings (SSSR count). The molecule has 0 saturated heterocycles. The number of anilines is 2. The third-order valence-electron chi connectivity index (χ3n) is 4.22. The van der Waals surface area contributed by atoms with Crippen molar-refractivity contribution in [1.29, 1.82) is 0 Å². The van der Waals surface area contributed by atoms with Crippen LogP contribution in [0.5, 0.6) is 0 Å². The largest absolute Gasteiger partial charge is 0.397 e. The molecule has 3 N–H and O–H groups in total. The van der Waals surface area contributed by atoms with Crippen molar-refractivity contribution in [2.45, 2.75) is 51.9 Å². The van der Waals surface area contributed by atoms with Gasteiger partial charge in [0.25, 0.3) is 0 Å². The van der Waals surface area contributed by atoms with Crippen LogP contribution in [0.25, 0.3) is 0 Å². The number of nitrogens with one attached hydrogen (secondary N) is 1. The first-order valence-corrected chi connectivity index (χ1v) is 7.71. The molecule has 110 valence electrons. The predicted molar refractivity (Wildman–Crippen MR) is 82.3 cm³/mol. The quantitative estimate of drug-likeness (QED) is 0.862. The van der Waals surface area contributed by atoms with Crippen LogP contribution in [-0.4, -0.2) is 10.9 Å². The van der Waals surface area contributed by atoms with Crippen molar-refractivity contribution in [1.82, 2.24) is 4.98 Å². The van der Waals surface area contributed by atoms with Gasteiger partial charge >= 0.3 is 0 Å². The molecule has 1 amide bonds. The molecule has 0 aliphatic heterocycles. The Balaban J connectivity index is 1.78. The van der Waals surface area contributed by atoms with E-state index in [1.165, 1.54) is 32.1 Å². The van der Waals surface area contributed by atoms with Crippen molar-refractivity contribution >= 4 is 17.4 Å². The Labute approximate surface area is 121 Å². The summed E-state index contributed by atoms with van der Waals surface area (Å²) in [6, 6.07) is 3.50. The monoisotopic (exact) mass is 275 g/mol. The van der Waals surface area contributed by atoms with Crippen molar-refractivity contribution in [2.75, 3.05) is 11.1 Å². The average molecular weight is 275 g/mol. The molecule has 1 fully saturated rings. The minimum Gasteiger partial charge on any atom is -0.397 e. The summed E-state index contributed by atoms with van der Waals surface area (Å²) in [6.45, 7) is 2.23. The lowest BCUT2D eigenvalue weighted by Crippen LogP contribution is -2.27. The van der Waals surface area contributed by atoms with Crippen molar-refractivity contribution in [3.8, 4) is 0 Å². The predicted octanol–water partition coefficient (Wildman–Crippen LogP) is 3.60. The van der Waals surface area contributed by atoms with Crippen LogP contribution in [-0.2, 0) is 4.79 Å². The van der Waals surface area contributed by atoms with Crippen LogP contribution in [0.4, 0.5) is 11.5 Å². The number of nitrogen functional groups attached to an aromatic ring is 1. The zero-order valence-electron chi connectivity index (χ0n) is 12.3. The van der Waals surface area contributed by atoms with Crippen LogP contribution in [0.2, 0.25) is 0 Å². The smallest absolute Gasteiger partial charge is 0.228 e. The minimum atomic E-state index is 0.108. The molecule has 0 aromatic carbocycles. The number of rotatable bonds is 5. The van der Waals surface area contributed by atoms with Gasteiger partial charge in [-0.2, -0.15) is 0 Å². The molecule has 1 aliphatic carbocycles. The molecule has 0 unspecified atom stereocenters. The van der Waals surface area contributed by atoms with Crippen LogP contribution >= 0.6 is 0 Å². The number of hydrogen-bond acceptors (Lipinski definition) is 3. The normalized spacial score (nSPS) is 22.4. The average Bonchev–Trinajstić information content (AvgIpc) is 2.48. The molecule has 0 spiro atoms. The summed E-state index contributed by atoms with van der Waals surface area (Å²) in [5.74, 6) is 1.68. The number of pyridine rings is 1. The fraction of sp³-hybridized carbons (Fsp3) is 0.625. The van der Waals surface area contributed by atoms with E-state index in [4.69, 9.17) is 5.73 Å². The lowest BCUT2D eigenvalue weighted by atomic mass is 9.79. The molecule has 0 bridgehead atoms. The number of hydrogen-bond donors (Lipinski definition) is 2. The maximum atomic E-state index is 12.2. The summed E-state index contributed by atoms with van der Waals surface area (Å²) in [5, 5.41) is 2.89. The highest BCUT2D eigenvalue weighted by atomic mass is 16.1. The molecule has 1 aromatic rings. The van der Waals surface area contributed by atoms with Crippen molar-refractivity contribution in [3.63, 3.8) is 0 Å². The zero-order chi connectivity index (χ0) is 14.4. The number of aromatic nitrogens is 1. The zero-order valence-corrected chi connectivity index (χ0v) is 12.3. The first-order valence-electron chi connectivity index (χ1n) is 7.71. The topological polar surface area (TPSA) is 68.0 Å². The molecule has 0 radical (unpaired) electrons. The van der Waals surface area contributed by atoms with Gasteiger partial charge in [0.1, 0.15) is 5.82 Å². The Hall–Kier alpha value is -1.58. The van der Waals surface area contributed by atoms with Gasteiger partial charge in [-0.3, -0.25) is 4.79 Å². The van der Waals surface area contributed by atoms with Gasteiger partial charge in [0.2, 0.25) is 5.91 Å². The molecular formula is C16H25N3O. The van der Waals surface area contributed by atoms with Gasteiger partial charge in [-0.15, -0.1) is 0 Å².